The standard InChI is InChI=1S/C25H30N2O4/c1-30-23-16-19(25(29)26-14-8-4-3-5-11-24(28)31-2)13-12-18(23)15-20-17-27-22-10-7-6-9-21(20)22/h6-7,9-10,12-13,16-17,27H,3-5,8,11,14-15H2,1-2H3,(H,26,29). The highest BCUT2D eigenvalue weighted by atomic mass is 16.5. The van der Waals surface area contributed by atoms with E-state index in [-0.39, 0.29) is 11.9 Å². The molecule has 1 heterocycles. The molecule has 0 aliphatic rings. The van der Waals surface area contributed by atoms with E-state index in [9.17, 15) is 9.59 Å². The van der Waals surface area contributed by atoms with Gasteiger partial charge in [0.15, 0.2) is 0 Å². The number of ether oxygens (including phenoxy) is 2. The zero-order valence-electron chi connectivity index (χ0n) is 18.2. The number of H-pyrrole nitrogens is 1. The topological polar surface area (TPSA) is 80.4 Å². The van der Waals surface area contributed by atoms with E-state index in [4.69, 9.17) is 4.74 Å². The molecule has 0 saturated heterocycles. The van der Waals surface area contributed by atoms with E-state index in [0.717, 1.165) is 43.2 Å². The molecule has 0 saturated carbocycles. The van der Waals surface area contributed by atoms with Crippen LogP contribution in [0.2, 0.25) is 0 Å². The summed E-state index contributed by atoms with van der Waals surface area (Å²) in [6, 6.07) is 13.8. The Bertz CT molecular complexity index is 1030. The Morgan fingerprint density at radius 3 is 2.58 bits per heavy atom. The normalized spacial score (nSPS) is 10.8. The first kappa shape index (κ1) is 22.4. The molecule has 0 unspecified atom stereocenters. The predicted molar refractivity (Wildman–Crippen MR) is 122 cm³/mol. The Morgan fingerprint density at radius 1 is 0.968 bits per heavy atom. The van der Waals surface area contributed by atoms with Gasteiger partial charge >= 0.3 is 5.97 Å². The second kappa shape index (κ2) is 11.2. The maximum Gasteiger partial charge on any atom is 0.305 e. The van der Waals surface area contributed by atoms with Crippen molar-refractivity contribution >= 4 is 22.8 Å². The number of amides is 1. The molecule has 3 rings (SSSR count). The van der Waals surface area contributed by atoms with Gasteiger partial charge in [-0.05, 0) is 42.2 Å². The minimum Gasteiger partial charge on any atom is -0.496 e. The van der Waals surface area contributed by atoms with Crippen LogP contribution >= 0.6 is 0 Å². The van der Waals surface area contributed by atoms with E-state index in [2.05, 4.69) is 27.2 Å². The van der Waals surface area contributed by atoms with Crippen molar-refractivity contribution in [2.75, 3.05) is 20.8 Å². The molecule has 6 heteroatoms. The summed E-state index contributed by atoms with van der Waals surface area (Å²) >= 11 is 0. The maximum atomic E-state index is 12.5. The maximum absolute atomic E-state index is 12.5. The summed E-state index contributed by atoms with van der Waals surface area (Å²) < 4.78 is 10.2. The smallest absolute Gasteiger partial charge is 0.305 e. The van der Waals surface area contributed by atoms with Crippen molar-refractivity contribution in [3.05, 3.63) is 65.4 Å². The van der Waals surface area contributed by atoms with Crippen molar-refractivity contribution in [2.24, 2.45) is 0 Å². The number of benzene rings is 2. The van der Waals surface area contributed by atoms with Crippen LogP contribution in [0.25, 0.3) is 10.9 Å². The molecule has 0 aliphatic carbocycles. The lowest BCUT2D eigenvalue weighted by molar-refractivity contribution is -0.140. The molecule has 2 N–H and O–H groups in total. The molecular formula is C25H30N2O4. The minimum absolute atomic E-state index is 0.105. The Labute approximate surface area is 182 Å². The number of hydrogen-bond acceptors (Lipinski definition) is 4. The van der Waals surface area contributed by atoms with Crippen LogP contribution in [-0.4, -0.2) is 37.6 Å². The third-order valence-corrected chi connectivity index (χ3v) is 5.43. The first-order chi connectivity index (χ1) is 15.1. The van der Waals surface area contributed by atoms with E-state index in [0.29, 0.717) is 24.3 Å². The fraction of sp³-hybridized carbons (Fsp3) is 0.360. The second-order valence-electron chi connectivity index (χ2n) is 7.56. The van der Waals surface area contributed by atoms with Gasteiger partial charge in [0.05, 0.1) is 14.2 Å². The van der Waals surface area contributed by atoms with Crippen molar-refractivity contribution < 1.29 is 19.1 Å². The average Bonchev–Trinajstić information content (AvgIpc) is 3.21. The van der Waals surface area contributed by atoms with Crippen molar-refractivity contribution in [2.45, 2.75) is 38.5 Å². The van der Waals surface area contributed by atoms with E-state index in [1.165, 1.54) is 18.1 Å². The molecule has 6 nitrogen and oxygen atoms in total. The Balaban J connectivity index is 1.52. The number of hydrogen-bond donors (Lipinski definition) is 2. The monoisotopic (exact) mass is 422 g/mol. The number of nitrogens with one attached hydrogen (secondary N) is 2. The van der Waals surface area contributed by atoms with Crippen LogP contribution in [0, 0.1) is 0 Å². The summed E-state index contributed by atoms with van der Waals surface area (Å²) in [6.45, 7) is 0.608. The number of aromatic nitrogens is 1. The van der Waals surface area contributed by atoms with E-state index in [1.54, 1.807) is 13.2 Å². The SMILES string of the molecule is COC(=O)CCCCCCNC(=O)c1ccc(Cc2c[nH]c3ccccc23)c(OC)c1. The van der Waals surface area contributed by atoms with Gasteiger partial charge in [-0.25, -0.2) is 0 Å². The third kappa shape index (κ3) is 6.10. The van der Waals surface area contributed by atoms with Gasteiger partial charge in [0.1, 0.15) is 5.75 Å². The molecule has 0 atom stereocenters. The number of para-hydroxylation sites is 1. The number of carbonyl (C=O) groups excluding carboxylic acids is 2. The number of methoxy groups -OCH3 is 2. The highest BCUT2D eigenvalue weighted by molar-refractivity contribution is 5.94. The number of rotatable bonds is 11. The highest BCUT2D eigenvalue weighted by Gasteiger charge is 2.12. The molecule has 164 valence electrons. The molecule has 0 radical (unpaired) electrons. The van der Waals surface area contributed by atoms with Crippen LogP contribution in [0.5, 0.6) is 5.75 Å². The van der Waals surface area contributed by atoms with Gasteiger partial charge in [0, 0.05) is 42.0 Å². The van der Waals surface area contributed by atoms with E-state index >= 15 is 0 Å². The minimum atomic E-state index is -0.171. The zero-order valence-corrected chi connectivity index (χ0v) is 18.2. The summed E-state index contributed by atoms with van der Waals surface area (Å²) in [5, 5.41) is 4.15. The van der Waals surface area contributed by atoms with Crippen molar-refractivity contribution in [1.82, 2.24) is 10.3 Å². The highest BCUT2D eigenvalue weighted by Crippen LogP contribution is 2.27. The van der Waals surface area contributed by atoms with Gasteiger partial charge in [-0.2, -0.15) is 0 Å². The van der Waals surface area contributed by atoms with Crippen LogP contribution < -0.4 is 10.1 Å². The van der Waals surface area contributed by atoms with Gasteiger partial charge in [0.25, 0.3) is 5.91 Å². The number of fused-ring (bicyclic) bond motifs is 1. The van der Waals surface area contributed by atoms with Crippen LogP contribution in [0.3, 0.4) is 0 Å². The molecule has 1 amide bonds. The number of aromatic amines is 1. The fourth-order valence-electron chi connectivity index (χ4n) is 3.67. The summed E-state index contributed by atoms with van der Waals surface area (Å²) in [7, 11) is 3.03. The molecule has 1 aromatic heterocycles. The van der Waals surface area contributed by atoms with Crippen LogP contribution in [0.1, 0.15) is 53.6 Å². The molecule has 2 aromatic carbocycles. The average molecular weight is 423 g/mol. The van der Waals surface area contributed by atoms with Gasteiger partial charge in [-0.3, -0.25) is 9.59 Å². The molecule has 0 aliphatic heterocycles. The van der Waals surface area contributed by atoms with Crippen LogP contribution in [-0.2, 0) is 16.0 Å². The van der Waals surface area contributed by atoms with Crippen molar-refractivity contribution in [3.63, 3.8) is 0 Å². The fourth-order valence-corrected chi connectivity index (χ4v) is 3.67. The molecule has 3 aromatic rings. The van der Waals surface area contributed by atoms with Crippen molar-refractivity contribution in [3.8, 4) is 5.75 Å². The first-order valence-electron chi connectivity index (χ1n) is 10.7. The van der Waals surface area contributed by atoms with Crippen LogP contribution in [0.4, 0.5) is 0 Å². The lowest BCUT2D eigenvalue weighted by atomic mass is 10.0. The summed E-state index contributed by atoms with van der Waals surface area (Å²) in [4.78, 5) is 26.9. The second-order valence-corrected chi connectivity index (χ2v) is 7.56. The lowest BCUT2D eigenvalue weighted by Gasteiger charge is -2.11. The quantitative estimate of drug-likeness (QED) is 0.349. The number of unbranched alkanes of at least 4 members (excludes halogenated alkanes) is 3. The molecule has 0 spiro atoms. The van der Waals surface area contributed by atoms with E-state index < -0.39 is 0 Å². The Kier molecular flexibility index (Phi) is 8.10. The van der Waals surface area contributed by atoms with Crippen molar-refractivity contribution in [1.29, 1.82) is 0 Å². The zero-order chi connectivity index (χ0) is 22.1. The Morgan fingerprint density at radius 2 is 1.77 bits per heavy atom. The van der Waals surface area contributed by atoms with Gasteiger partial charge in [0.2, 0.25) is 0 Å². The molecular weight excluding hydrogens is 392 g/mol. The van der Waals surface area contributed by atoms with Crippen LogP contribution in [0.15, 0.2) is 48.7 Å². The lowest BCUT2D eigenvalue weighted by Crippen LogP contribution is -2.24. The van der Waals surface area contributed by atoms with Gasteiger partial charge < -0.3 is 19.8 Å². The first-order valence-corrected chi connectivity index (χ1v) is 10.7. The third-order valence-electron chi connectivity index (χ3n) is 5.43. The molecule has 0 fully saturated rings. The predicted octanol–water partition coefficient (Wildman–Crippen LogP) is 4.62. The number of carbonyl (C=O) groups is 2. The number of esters is 1. The summed E-state index contributed by atoms with van der Waals surface area (Å²) in [6.07, 6.45) is 6.80. The van der Waals surface area contributed by atoms with E-state index in [1.807, 2.05) is 30.5 Å². The molecule has 31 heavy (non-hydrogen) atoms. The largest absolute Gasteiger partial charge is 0.496 e. The molecule has 0 bridgehead atoms. The summed E-state index contributed by atoms with van der Waals surface area (Å²) in [5.41, 5.74) is 3.93. The van der Waals surface area contributed by atoms with Gasteiger partial charge in [-0.1, -0.05) is 37.1 Å². The Hall–Kier alpha value is -3.28. The summed E-state index contributed by atoms with van der Waals surface area (Å²) in [5.74, 6) is 0.433. The van der Waals surface area contributed by atoms with Gasteiger partial charge in [-0.15, -0.1) is 0 Å².